The lowest BCUT2D eigenvalue weighted by molar-refractivity contribution is 0.796. The highest BCUT2D eigenvalue weighted by Crippen LogP contribution is 2.21. The summed E-state index contributed by atoms with van der Waals surface area (Å²) in [5, 5.41) is 16.8. The highest BCUT2D eigenvalue weighted by atomic mass is 15.2. The van der Waals surface area contributed by atoms with Crippen LogP contribution in [0.3, 0.4) is 0 Å². The van der Waals surface area contributed by atoms with E-state index in [1.165, 1.54) is 22.0 Å². The average molecular weight is 345 g/mol. The number of nitriles is 1. The zero-order chi connectivity index (χ0) is 18.4. The van der Waals surface area contributed by atoms with Gasteiger partial charge >= 0.3 is 0 Å². The van der Waals surface area contributed by atoms with E-state index < -0.39 is 0 Å². The van der Waals surface area contributed by atoms with Crippen LogP contribution in [0.25, 0.3) is 10.9 Å². The van der Waals surface area contributed by atoms with Gasteiger partial charge in [0.15, 0.2) is 5.96 Å². The van der Waals surface area contributed by atoms with Crippen molar-refractivity contribution < 1.29 is 0 Å². The van der Waals surface area contributed by atoms with Crippen molar-refractivity contribution in [3.63, 3.8) is 0 Å². The molecule has 0 aliphatic heterocycles. The van der Waals surface area contributed by atoms with E-state index in [0.717, 1.165) is 24.5 Å². The van der Waals surface area contributed by atoms with Crippen LogP contribution in [0.4, 0.5) is 0 Å². The molecule has 26 heavy (non-hydrogen) atoms. The van der Waals surface area contributed by atoms with Crippen molar-refractivity contribution in [1.29, 1.82) is 5.26 Å². The van der Waals surface area contributed by atoms with E-state index in [9.17, 15) is 0 Å². The summed E-state index contributed by atoms with van der Waals surface area (Å²) in [7, 11) is 1.77. The van der Waals surface area contributed by atoms with Crippen molar-refractivity contribution in [2.75, 3.05) is 13.6 Å². The van der Waals surface area contributed by atoms with Crippen LogP contribution in [0.2, 0.25) is 0 Å². The van der Waals surface area contributed by atoms with E-state index in [1.807, 2.05) is 24.3 Å². The van der Waals surface area contributed by atoms with Crippen molar-refractivity contribution in [3.8, 4) is 6.07 Å². The number of benzene rings is 2. The lowest BCUT2D eigenvalue weighted by atomic mass is 10.1. The number of rotatable bonds is 5. The highest BCUT2D eigenvalue weighted by molar-refractivity contribution is 5.86. The van der Waals surface area contributed by atoms with E-state index in [1.54, 1.807) is 7.05 Å². The molecule has 0 aliphatic rings. The van der Waals surface area contributed by atoms with Gasteiger partial charge in [-0.05, 0) is 42.2 Å². The number of H-pyrrole nitrogens is 1. The first kappa shape index (κ1) is 17.6. The summed E-state index contributed by atoms with van der Waals surface area (Å²) in [5.41, 5.74) is 5.57. The number of aromatic nitrogens is 1. The summed E-state index contributed by atoms with van der Waals surface area (Å²) < 4.78 is 0. The number of aliphatic imine (C=N–C) groups is 1. The standard InChI is InChI=1S/C21H23N5/c1-15-4-3-5-19-18(14-25-20(15)19)10-11-24-21(23-2)26-13-17-8-6-16(12-22)7-9-17/h3-9,14,25H,10-11,13H2,1-2H3,(H2,23,24,26). The third-order valence-electron chi connectivity index (χ3n) is 4.46. The van der Waals surface area contributed by atoms with Gasteiger partial charge in [0.1, 0.15) is 0 Å². The number of hydrogen-bond acceptors (Lipinski definition) is 2. The van der Waals surface area contributed by atoms with Crippen molar-refractivity contribution in [3.05, 3.63) is 70.9 Å². The number of para-hydroxylation sites is 1. The molecule has 0 aliphatic carbocycles. The Kier molecular flexibility index (Phi) is 5.55. The van der Waals surface area contributed by atoms with Gasteiger partial charge in [-0.15, -0.1) is 0 Å². The van der Waals surface area contributed by atoms with E-state index in [4.69, 9.17) is 5.26 Å². The zero-order valence-electron chi connectivity index (χ0n) is 15.1. The number of guanidine groups is 1. The molecule has 5 heteroatoms. The van der Waals surface area contributed by atoms with Crippen molar-refractivity contribution >= 4 is 16.9 Å². The molecule has 3 N–H and O–H groups in total. The van der Waals surface area contributed by atoms with Crippen LogP contribution in [0.1, 0.15) is 22.3 Å². The Labute approximate surface area is 153 Å². The first-order valence-electron chi connectivity index (χ1n) is 8.70. The molecule has 1 heterocycles. The second kappa shape index (κ2) is 8.21. The summed E-state index contributed by atoms with van der Waals surface area (Å²) in [6, 6.07) is 16.1. The van der Waals surface area contributed by atoms with E-state index in [2.05, 4.69) is 58.0 Å². The van der Waals surface area contributed by atoms with Crippen molar-refractivity contribution in [2.24, 2.45) is 4.99 Å². The summed E-state index contributed by atoms with van der Waals surface area (Å²) in [5.74, 6) is 0.769. The van der Waals surface area contributed by atoms with E-state index in [-0.39, 0.29) is 0 Å². The molecule has 0 atom stereocenters. The average Bonchev–Trinajstić information content (AvgIpc) is 3.09. The molecule has 2 aromatic carbocycles. The Morgan fingerprint density at radius 1 is 1.15 bits per heavy atom. The quantitative estimate of drug-likeness (QED) is 0.491. The molecule has 3 aromatic rings. The Hall–Kier alpha value is -3.26. The maximum Gasteiger partial charge on any atom is 0.191 e. The van der Waals surface area contributed by atoms with Crippen LogP contribution in [0.5, 0.6) is 0 Å². The van der Waals surface area contributed by atoms with Crippen LogP contribution in [-0.2, 0) is 13.0 Å². The van der Waals surface area contributed by atoms with Crippen LogP contribution in [-0.4, -0.2) is 24.5 Å². The summed E-state index contributed by atoms with van der Waals surface area (Å²) in [4.78, 5) is 7.63. The largest absolute Gasteiger partial charge is 0.361 e. The number of nitrogens with zero attached hydrogens (tertiary/aromatic N) is 2. The molecule has 0 unspecified atom stereocenters. The SMILES string of the molecule is CN=C(NCCc1c[nH]c2c(C)cccc12)NCc1ccc(C#N)cc1. The Balaban J connectivity index is 1.52. The molecular formula is C21H23N5. The normalized spacial score (nSPS) is 11.3. The van der Waals surface area contributed by atoms with Gasteiger partial charge in [-0.3, -0.25) is 4.99 Å². The monoisotopic (exact) mass is 345 g/mol. The van der Waals surface area contributed by atoms with Crippen molar-refractivity contribution in [2.45, 2.75) is 19.9 Å². The third kappa shape index (κ3) is 4.04. The van der Waals surface area contributed by atoms with Gasteiger partial charge in [0.05, 0.1) is 11.6 Å². The van der Waals surface area contributed by atoms with Gasteiger partial charge in [0, 0.05) is 37.2 Å². The predicted molar refractivity (Wildman–Crippen MR) is 106 cm³/mol. The maximum atomic E-state index is 8.84. The van der Waals surface area contributed by atoms with Gasteiger partial charge in [0.2, 0.25) is 0 Å². The molecule has 0 radical (unpaired) electrons. The highest BCUT2D eigenvalue weighted by Gasteiger charge is 2.05. The number of nitrogens with one attached hydrogen (secondary N) is 3. The fourth-order valence-corrected chi connectivity index (χ4v) is 2.99. The number of hydrogen-bond donors (Lipinski definition) is 3. The maximum absolute atomic E-state index is 8.84. The number of aryl methyl sites for hydroxylation is 1. The molecule has 0 bridgehead atoms. The molecule has 1 aromatic heterocycles. The lowest BCUT2D eigenvalue weighted by Crippen LogP contribution is -2.37. The van der Waals surface area contributed by atoms with Crippen LogP contribution in [0.15, 0.2) is 53.7 Å². The Morgan fingerprint density at radius 2 is 1.96 bits per heavy atom. The summed E-state index contributed by atoms with van der Waals surface area (Å²) in [6.07, 6.45) is 3.01. The molecule has 0 spiro atoms. The molecule has 3 rings (SSSR count). The number of aromatic amines is 1. The van der Waals surface area contributed by atoms with Gasteiger partial charge in [-0.2, -0.15) is 5.26 Å². The molecule has 5 nitrogen and oxygen atoms in total. The van der Waals surface area contributed by atoms with Crippen LogP contribution in [0, 0.1) is 18.3 Å². The predicted octanol–water partition coefficient (Wildman–Crippen LogP) is 3.26. The fraction of sp³-hybridized carbons (Fsp3) is 0.238. The summed E-state index contributed by atoms with van der Waals surface area (Å²) >= 11 is 0. The third-order valence-corrected chi connectivity index (χ3v) is 4.46. The van der Waals surface area contributed by atoms with Crippen LogP contribution >= 0.6 is 0 Å². The molecule has 132 valence electrons. The minimum Gasteiger partial charge on any atom is -0.361 e. The second-order valence-corrected chi connectivity index (χ2v) is 6.22. The minimum absolute atomic E-state index is 0.664. The van der Waals surface area contributed by atoms with Gasteiger partial charge in [0.25, 0.3) is 0 Å². The van der Waals surface area contributed by atoms with Crippen LogP contribution < -0.4 is 10.6 Å². The van der Waals surface area contributed by atoms with E-state index in [0.29, 0.717) is 12.1 Å². The molecule has 0 fully saturated rings. The van der Waals surface area contributed by atoms with Crippen molar-refractivity contribution in [1.82, 2.24) is 15.6 Å². The van der Waals surface area contributed by atoms with Gasteiger partial charge in [-0.25, -0.2) is 0 Å². The van der Waals surface area contributed by atoms with Gasteiger partial charge in [-0.1, -0.05) is 30.3 Å². The first-order valence-corrected chi connectivity index (χ1v) is 8.70. The minimum atomic E-state index is 0.664. The fourth-order valence-electron chi connectivity index (χ4n) is 2.99. The topological polar surface area (TPSA) is 76.0 Å². The molecule has 0 amide bonds. The zero-order valence-corrected chi connectivity index (χ0v) is 15.1. The number of fused-ring (bicyclic) bond motifs is 1. The Bertz CT molecular complexity index is 945. The first-order chi connectivity index (χ1) is 12.7. The van der Waals surface area contributed by atoms with E-state index >= 15 is 0 Å². The molecule has 0 saturated heterocycles. The molecular weight excluding hydrogens is 322 g/mol. The lowest BCUT2D eigenvalue weighted by Gasteiger charge is -2.12. The second-order valence-electron chi connectivity index (χ2n) is 6.22. The smallest absolute Gasteiger partial charge is 0.191 e. The summed E-state index contributed by atoms with van der Waals surface area (Å²) in [6.45, 7) is 3.58. The molecule has 0 saturated carbocycles. The van der Waals surface area contributed by atoms with Gasteiger partial charge < -0.3 is 15.6 Å². The Morgan fingerprint density at radius 3 is 2.69 bits per heavy atom.